The lowest BCUT2D eigenvalue weighted by Gasteiger charge is -2.37. The smallest absolute Gasteiger partial charge is 0.127 e. The maximum atomic E-state index is 9.05. The van der Waals surface area contributed by atoms with Gasteiger partial charge in [0.05, 0.1) is 25.7 Å². The second-order valence-corrected chi connectivity index (χ2v) is 6.94. The summed E-state index contributed by atoms with van der Waals surface area (Å²) >= 11 is 0. The van der Waals surface area contributed by atoms with E-state index in [1.807, 2.05) is 23.4 Å². The van der Waals surface area contributed by atoms with E-state index in [1.54, 1.807) is 9.80 Å². The summed E-state index contributed by atoms with van der Waals surface area (Å²) in [5, 5.41) is 9.05. The minimum atomic E-state index is 0.334. The van der Waals surface area contributed by atoms with E-state index in [-0.39, 0.29) is 0 Å². The Morgan fingerprint density at radius 3 is 2.45 bits per heavy atom. The van der Waals surface area contributed by atoms with Crippen LogP contribution >= 0.6 is 0 Å². The highest BCUT2D eigenvalue weighted by Gasteiger charge is 2.33. The van der Waals surface area contributed by atoms with Gasteiger partial charge in [-0.05, 0) is 6.07 Å². The molecule has 3 heterocycles. The van der Waals surface area contributed by atoms with Crippen molar-refractivity contribution in [1.29, 1.82) is 0 Å². The van der Waals surface area contributed by atoms with Gasteiger partial charge in [0.2, 0.25) is 0 Å². The first-order chi connectivity index (χ1) is 10.8. The zero-order valence-electron chi connectivity index (χ0n) is 13.6. The van der Waals surface area contributed by atoms with E-state index in [2.05, 4.69) is 11.1 Å². The highest BCUT2D eigenvalue weighted by molar-refractivity contribution is 5.06. The molecule has 2 aliphatic heterocycles. The molecule has 122 valence electrons. The average molecular weight is 307 g/mol. The molecule has 4 N–H and O–H groups in total. The number of piperazine rings is 1. The molecule has 0 radical (unpaired) electrons. The molecular weight excluding hydrogens is 276 g/mol. The second-order valence-electron chi connectivity index (χ2n) is 6.94. The van der Waals surface area contributed by atoms with Crippen LogP contribution in [0.4, 0.5) is 0 Å². The molecule has 2 saturated heterocycles. The van der Waals surface area contributed by atoms with Gasteiger partial charge < -0.3 is 19.8 Å². The third kappa shape index (κ3) is 4.26. The minimum Gasteiger partial charge on any atom is -0.391 e. The summed E-state index contributed by atoms with van der Waals surface area (Å²) < 4.78 is 0. The summed E-state index contributed by atoms with van der Waals surface area (Å²) in [5.41, 5.74) is 1.37. The Hall–Kier alpha value is -1.01. The molecule has 3 rings (SSSR count). The first kappa shape index (κ1) is 15.9. The Labute approximate surface area is 133 Å². The molecule has 1 aromatic heterocycles. The number of quaternary nitrogens is 3. The fraction of sp³-hybridized carbons (Fsp3) is 0.706. The van der Waals surface area contributed by atoms with E-state index < -0.39 is 0 Å². The zero-order chi connectivity index (χ0) is 15.2. The van der Waals surface area contributed by atoms with Crippen LogP contribution in [-0.2, 0) is 6.54 Å². The number of hydrogen-bond acceptors (Lipinski definition) is 2. The van der Waals surface area contributed by atoms with Gasteiger partial charge in [0.25, 0.3) is 0 Å². The van der Waals surface area contributed by atoms with Crippen LogP contribution in [0.15, 0.2) is 24.5 Å². The van der Waals surface area contributed by atoms with Crippen molar-refractivity contribution in [1.82, 2.24) is 4.98 Å². The number of hydrogen-bond donors (Lipinski definition) is 4. The Kier molecular flexibility index (Phi) is 5.78. The van der Waals surface area contributed by atoms with E-state index in [1.165, 1.54) is 57.7 Å². The third-order valence-electron chi connectivity index (χ3n) is 5.51. The second kappa shape index (κ2) is 8.02. The lowest BCUT2D eigenvalue weighted by atomic mass is 10.0. The fourth-order valence-corrected chi connectivity index (χ4v) is 4.14. The van der Waals surface area contributed by atoms with E-state index in [0.717, 1.165) is 19.1 Å². The maximum absolute atomic E-state index is 9.05. The van der Waals surface area contributed by atoms with Crippen LogP contribution in [0.2, 0.25) is 0 Å². The lowest BCUT2D eigenvalue weighted by Crippen LogP contribution is -3.30. The van der Waals surface area contributed by atoms with Crippen LogP contribution in [0, 0.1) is 0 Å². The maximum Gasteiger partial charge on any atom is 0.127 e. The number of aromatic nitrogens is 1. The van der Waals surface area contributed by atoms with E-state index in [0.29, 0.717) is 6.61 Å². The fourth-order valence-electron chi connectivity index (χ4n) is 4.14. The molecular formula is C17H31N4O+3. The number of rotatable bonds is 5. The topological polar surface area (TPSA) is 46.4 Å². The molecule has 0 saturated carbocycles. The van der Waals surface area contributed by atoms with Gasteiger partial charge >= 0.3 is 0 Å². The Morgan fingerprint density at radius 1 is 1.05 bits per heavy atom. The number of nitrogens with zero attached hydrogens (tertiary/aromatic N) is 1. The molecule has 5 nitrogen and oxygen atoms in total. The van der Waals surface area contributed by atoms with Crippen molar-refractivity contribution < 1.29 is 19.8 Å². The van der Waals surface area contributed by atoms with E-state index in [4.69, 9.17) is 5.11 Å². The number of likely N-dealkylation sites (tertiary alicyclic amines) is 1. The van der Waals surface area contributed by atoms with Gasteiger partial charge in [-0.2, -0.15) is 0 Å². The Bertz CT molecular complexity index is 426. The number of aliphatic hydroxyl groups excluding tert-OH is 1. The molecule has 0 aromatic carbocycles. The molecule has 22 heavy (non-hydrogen) atoms. The molecule has 5 heteroatoms. The summed E-state index contributed by atoms with van der Waals surface area (Å²) in [5.74, 6) is 0. The SMILES string of the molecule is OCC[NH+]1CC[NH+](C2CC[NH+](Cc3cccnc3)CC2)CC1. The van der Waals surface area contributed by atoms with Crippen LogP contribution in [0.25, 0.3) is 0 Å². The molecule has 0 unspecified atom stereocenters. The number of piperidine rings is 1. The van der Waals surface area contributed by atoms with Gasteiger partial charge in [-0.1, -0.05) is 6.07 Å². The normalized spacial score (nSPS) is 32.8. The standard InChI is InChI=1S/C17H28N4O/c22-13-12-19-8-10-21(11-9-19)17-3-6-20(7-4-17)15-16-2-1-5-18-14-16/h1-2,5,14,17,22H,3-4,6-13,15H2/p+3. The zero-order valence-corrected chi connectivity index (χ0v) is 13.6. The molecule has 1 aromatic rings. The molecule has 0 spiro atoms. The van der Waals surface area contributed by atoms with Crippen molar-refractivity contribution in [2.24, 2.45) is 0 Å². The molecule has 2 fully saturated rings. The predicted molar refractivity (Wildman–Crippen MR) is 85.0 cm³/mol. The van der Waals surface area contributed by atoms with Crippen molar-refractivity contribution in [2.45, 2.75) is 25.4 Å². The van der Waals surface area contributed by atoms with Crippen molar-refractivity contribution in [2.75, 3.05) is 52.4 Å². The van der Waals surface area contributed by atoms with Gasteiger partial charge in [-0.25, -0.2) is 0 Å². The number of nitrogens with one attached hydrogen (secondary N) is 3. The number of pyridine rings is 1. The quantitative estimate of drug-likeness (QED) is 0.454. The average Bonchev–Trinajstić information content (AvgIpc) is 2.58. The van der Waals surface area contributed by atoms with E-state index >= 15 is 0 Å². The summed E-state index contributed by atoms with van der Waals surface area (Å²) in [6.45, 7) is 10.0. The van der Waals surface area contributed by atoms with Crippen LogP contribution < -0.4 is 14.7 Å². The van der Waals surface area contributed by atoms with Gasteiger partial charge in [0.1, 0.15) is 39.3 Å². The summed E-state index contributed by atoms with van der Waals surface area (Å²) in [4.78, 5) is 9.35. The van der Waals surface area contributed by atoms with Gasteiger partial charge in [0, 0.05) is 30.8 Å². The molecule has 0 bridgehead atoms. The largest absolute Gasteiger partial charge is 0.391 e. The Balaban J connectivity index is 1.40. The predicted octanol–water partition coefficient (Wildman–Crippen LogP) is -3.60. The van der Waals surface area contributed by atoms with E-state index in [9.17, 15) is 0 Å². The summed E-state index contributed by atoms with van der Waals surface area (Å²) in [6.07, 6.45) is 6.58. The van der Waals surface area contributed by atoms with Gasteiger partial charge in [-0.3, -0.25) is 4.98 Å². The van der Waals surface area contributed by atoms with Crippen molar-refractivity contribution in [3.05, 3.63) is 30.1 Å². The van der Waals surface area contributed by atoms with Gasteiger partial charge in [-0.15, -0.1) is 0 Å². The highest BCUT2D eigenvalue weighted by atomic mass is 16.3. The van der Waals surface area contributed by atoms with Crippen molar-refractivity contribution in [3.63, 3.8) is 0 Å². The lowest BCUT2D eigenvalue weighted by molar-refractivity contribution is -1.03. The van der Waals surface area contributed by atoms with Crippen LogP contribution in [0.3, 0.4) is 0 Å². The first-order valence-corrected chi connectivity index (χ1v) is 8.86. The van der Waals surface area contributed by atoms with Crippen LogP contribution in [0.5, 0.6) is 0 Å². The minimum absolute atomic E-state index is 0.334. The first-order valence-electron chi connectivity index (χ1n) is 8.86. The summed E-state index contributed by atoms with van der Waals surface area (Å²) in [7, 11) is 0. The molecule has 0 amide bonds. The van der Waals surface area contributed by atoms with Crippen LogP contribution in [0.1, 0.15) is 18.4 Å². The van der Waals surface area contributed by atoms with Crippen molar-refractivity contribution in [3.8, 4) is 0 Å². The van der Waals surface area contributed by atoms with Crippen molar-refractivity contribution >= 4 is 0 Å². The molecule has 0 atom stereocenters. The number of aliphatic hydroxyl groups is 1. The monoisotopic (exact) mass is 307 g/mol. The highest BCUT2D eigenvalue weighted by Crippen LogP contribution is 1.98. The van der Waals surface area contributed by atoms with Crippen LogP contribution in [-0.4, -0.2) is 68.6 Å². The summed E-state index contributed by atoms with van der Waals surface area (Å²) in [6, 6.07) is 5.11. The van der Waals surface area contributed by atoms with Gasteiger partial charge in [0.15, 0.2) is 0 Å². The third-order valence-corrected chi connectivity index (χ3v) is 5.51. The molecule has 2 aliphatic rings. The Morgan fingerprint density at radius 2 is 1.82 bits per heavy atom. The molecule has 0 aliphatic carbocycles.